The number of halogens is 3. The summed E-state index contributed by atoms with van der Waals surface area (Å²) in [7, 11) is 1.42. The van der Waals surface area contributed by atoms with Gasteiger partial charge in [0.25, 0.3) is 0 Å². The Morgan fingerprint density at radius 1 is 1.56 bits per heavy atom. The zero-order valence-corrected chi connectivity index (χ0v) is 9.66. The molecule has 0 saturated heterocycles. The topological polar surface area (TPSA) is 64.3 Å². The number of thioether (sulfide) groups is 1. The largest absolute Gasteiger partial charge is 0.441 e. The monoisotopic (exact) mass is 260 g/mol. The molecule has 0 rings (SSSR count). The summed E-state index contributed by atoms with van der Waals surface area (Å²) in [6.07, 6.45) is -0.334. The standard InChI is InChI=1S/C8H15F3N2O2S/c1-15-6(5-12)4-7(14)13-2-3-16-8(9,10)11/h6H,2-5,12H2,1H3,(H,13,14). The molecule has 0 aromatic rings. The number of carbonyl (C=O) groups excluding carboxylic acids is 1. The fraction of sp³-hybridized carbons (Fsp3) is 0.875. The van der Waals surface area contributed by atoms with Crippen molar-refractivity contribution < 1.29 is 22.7 Å². The molecule has 4 nitrogen and oxygen atoms in total. The highest BCUT2D eigenvalue weighted by Crippen LogP contribution is 2.29. The summed E-state index contributed by atoms with van der Waals surface area (Å²) in [6, 6.07) is 0. The number of carbonyl (C=O) groups is 1. The van der Waals surface area contributed by atoms with E-state index >= 15 is 0 Å². The molecule has 0 fully saturated rings. The van der Waals surface area contributed by atoms with Crippen molar-refractivity contribution in [2.24, 2.45) is 5.73 Å². The van der Waals surface area contributed by atoms with Crippen LogP contribution in [0.2, 0.25) is 0 Å². The number of methoxy groups -OCH3 is 1. The molecule has 0 bridgehead atoms. The van der Waals surface area contributed by atoms with Gasteiger partial charge in [0.05, 0.1) is 12.5 Å². The quantitative estimate of drug-likeness (QED) is 0.662. The van der Waals surface area contributed by atoms with Gasteiger partial charge in [0.1, 0.15) is 0 Å². The second-order valence-electron chi connectivity index (χ2n) is 2.94. The minimum Gasteiger partial charge on any atom is -0.380 e. The van der Waals surface area contributed by atoms with Crippen LogP contribution in [-0.4, -0.2) is 43.5 Å². The van der Waals surface area contributed by atoms with Crippen molar-refractivity contribution in [2.45, 2.75) is 18.0 Å². The van der Waals surface area contributed by atoms with Crippen LogP contribution < -0.4 is 11.1 Å². The van der Waals surface area contributed by atoms with Crippen LogP contribution >= 0.6 is 11.8 Å². The molecule has 3 N–H and O–H groups in total. The van der Waals surface area contributed by atoms with Crippen molar-refractivity contribution in [1.82, 2.24) is 5.32 Å². The third-order valence-electron chi connectivity index (χ3n) is 1.70. The van der Waals surface area contributed by atoms with Crippen LogP contribution in [0.15, 0.2) is 0 Å². The van der Waals surface area contributed by atoms with Crippen molar-refractivity contribution in [3.63, 3.8) is 0 Å². The van der Waals surface area contributed by atoms with Crippen LogP contribution in [0.25, 0.3) is 0 Å². The van der Waals surface area contributed by atoms with Gasteiger partial charge in [-0.1, -0.05) is 0 Å². The number of hydrogen-bond acceptors (Lipinski definition) is 4. The van der Waals surface area contributed by atoms with Crippen molar-refractivity contribution in [3.05, 3.63) is 0 Å². The van der Waals surface area contributed by atoms with Gasteiger partial charge in [0, 0.05) is 26.0 Å². The molecule has 1 unspecified atom stereocenters. The SMILES string of the molecule is COC(CN)CC(=O)NCCSC(F)(F)F. The predicted molar refractivity (Wildman–Crippen MR) is 56.0 cm³/mol. The zero-order chi connectivity index (χ0) is 12.6. The highest BCUT2D eigenvalue weighted by atomic mass is 32.2. The van der Waals surface area contributed by atoms with E-state index in [2.05, 4.69) is 5.32 Å². The fourth-order valence-electron chi connectivity index (χ4n) is 0.899. The second-order valence-corrected chi connectivity index (χ2v) is 4.10. The molecule has 8 heteroatoms. The predicted octanol–water partition coefficient (Wildman–Crippen LogP) is 0.719. The van der Waals surface area contributed by atoms with Crippen LogP contribution in [0, 0.1) is 0 Å². The summed E-state index contributed by atoms with van der Waals surface area (Å²) < 4.78 is 40.0. The van der Waals surface area contributed by atoms with Gasteiger partial charge in [-0.15, -0.1) is 0 Å². The minimum absolute atomic E-state index is 0.0238. The number of nitrogens with two attached hydrogens (primary N) is 1. The van der Waals surface area contributed by atoms with Gasteiger partial charge in [0.2, 0.25) is 5.91 Å². The number of hydrogen-bond donors (Lipinski definition) is 2. The van der Waals surface area contributed by atoms with E-state index in [1.807, 2.05) is 0 Å². The minimum atomic E-state index is -4.25. The lowest BCUT2D eigenvalue weighted by Gasteiger charge is -2.12. The molecule has 0 aromatic heterocycles. The van der Waals surface area contributed by atoms with E-state index in [1.165, 1.54) is 7.11 Å². The summed E-state index contributed by atoms with van der Waals surface area (Å²) in [4.78, 5) is 11.2. The normalized spacial score (nSPS) is 13.6. The van der Waals surface area contributed by atoms with Gasteiger partial charge >= 0.3 is 5.51 Å². The molecule has 0 aliphatic heterocycles. The number of ether oxygens (including phenoxy) is 1. The highest BCUT2D eigenvalue weighted by molar-refractivity contribution is 8.00. The van der Waals surface area contributed by atoms with E-state index in [1.54, 1.807) is 0 Å². The van der Waals surface area contributed by atoms with Crippen molar-refractivity contribution in [1.29, 1.82) is 0 Å². The van der Waals surface area contributed by atoms with E-state index in [4.69, 9.17) is 10.5 Å². The average molecular weight is 260 g/mol. The summed E-state index contributed by atoms with van der Waals surface area (Å²) in [5.41, 5.74) is 1.03. The van der Waals surface area contributed by atoms with Crippen LogP contribution in [0.1, 0.15) is 6.42 Å². The van der Waals surface area contributed by atoms with E-state index < -0.39 is 11.6 Å². The third kappa shape index (κ3) is 8.81. The zero-order valence-electron chi connectivity index (χ0n) is 8.84. The van der Waals surface area contributed by atoms with E-state index in [-0.39, 0.29) is 42.9 Å². The first-order chi connectivity index (χ1) is 7.39. The maximum atomic E-state index is 11.7. The molecular formula is C8H15F3N2O2S. The summed E-state index contributed by atoms with van der Waals surface area (Å²) in [5.74, 6) is -0.560. The third-order valence-corrected chi connectivity index (χ3v) is 2.43. The molecule has 0 heterocycles. The van der Waals surface area contributed by atoms with Gasteiger partial charge in [-0.2, -0.15) is 13.2 Å². The van der Waals surface area contributed by atoms with Crippen molar-refractivity contribution in [2.75, 3.05) is 26.0 Å². The summed E-state index contributed by atoms with van der Waals surface area (Å²) in [5, 5.41) is 2.36. The van der Waals surface area contributed by atoms with Gasteiger partial charge < -0.3 is 15.8 Å². The molecule has 0 radical (unpaired) electrons. The first kappa shape index (κ1) is 15.5. The molecule has 16 heavy (non-hydrogen) atoms. The molecule has 0 spiro atoms. The summed E-state index contributed by atoms with van der Waals surface area (Å²) >= 11 is -0.165. The van der Waals surface area contributed by atoms with Crippen LogP contribution in [-0.2, 0) is 9.53 Å². The molecular weight excluding hydrogens is 245 g/mol. The molecule has 1 amide bonds. The maximum Gasteiger partial charge on any atom is 0.441 e. The van der Waals surface area contributed by atoms with E-state index in [9.17, 15) is 18.0 Å². The number of alkyl halides is 3. The van der Waals surface area contributed by atoms with E-state index in [0.717, 1.165) is 0 Å². The molecule has 0 aromatic carbocycles. The maximum absolute atomic E-state index is 11.7. The molecule has 1 atom stereocenters. The Kier molecular flexibility index (Phi) is 7.52. The molecule has 0 saturated carbocycles. The first-order valence-corrected chi connectivity index (χ1v) is 5.58. The van der Waals surface area contributed by atoms with Gasteiger partial charge in [-0.05, 0) is 11.8 Å². The molecule has 96 valence electrons. The van der Waals surface area contributed by atoms with Crippen molar-refractivity contribution in [3.8, 4) is 0 Å². The smallest absolute Gasteiger partial charge is 0.380 e. The van der Waals surface area contributed by atoms with Gasteiger partial charge in [-0.3, -0.25) is 4.79 Å². The van der Waals surface area contributed by atoms with Crippen LogP contribution in [0.3, 0.4) is 0 Å². The van der Waals surface area contributed by atoms with Crippen molar-refractivity contribution >= 4 is 17.7 Å². The van der Waals surface area contributed by atoms with Crippen LogP contribution in [0.5, 0.6) is 0 Å². The van der Waals surface area contributed by atoms with Crippen LogP contribution in [0.4, 0.5) is 13.2 Å². The Morgan fingerprint density at radius 3 is 2.62 bits per heavy atom. The lowest BCUT2D eigenvalue weighted by molar-refractivity contribution is -0.123. The Hall–Kier alpha value is -0.470. The van der Waals surface area contributed by atoms with Gasteiger partial charge in [-0.25, -0.2) is 0 Å². The Bertz CT molecular complexity index is 210. The molecule has 0 aliphatic rings. The summed E-state index contributed by atoms with van der Waals surface area (Å²) in [6.45, 7) is 0.172. The lowest BCUT2D eigenvalue weighted by Crippen LogP contribution is -2.33. The average Bonchev–Trinajstić information content (AvgIpc) is 2.19. The Morgan fingerprint density at radius 2 is 2.19 bits per heavy atom. The lowest BCUT2D eigenvalue weighted by atomic mass is 10.2. The van der Waals surface area contributed by atoms with Gasteiger partial charge in [0.15, 0.2) is 0 Å². The Balaban J connectivity index is 3.58. The van der Waals surface area contributed by atoms with E-state index in [0.29, 0.717) is 0 Å². The number of amides is 1. The Labute approximate surface area is 96.1 Å². The number of nitrogens with one attached hydrogen (secondary N) is 1. The molecule has 0 aliphatic carbocycles. The fourth-order valence-corrected chi connectivity index (χ4v) is 1.33. The highest BCUT2D eigenvalue weighted by Gasteiger charge is 2.27. The first-order valence-electron chi connectivity index (χ1n) is 4.59. The second kappa shape index (κ2) is 7.75. The number of rotatable bonds is 7.